The van der Waals surface area contributed by atoms with Crippen molar-refractivity contribution in [1.29, 1.82) is 0 Å². The van der Waals surface area contributed by atoms with Crippen molar-refractivity contribution in [2.75, 3.05) is 9.62 Å². The molecule has 0 bridgehead atoms. The fourth-order valence-corrected chi connectivity index (χ4v) is 5.09. The van der Waals surface area contributed by atoms with Gasteiger partial charge < -0.3 is 19.0 Å². The Morgan fingerprint density at radius 2 is 1.67 bits per heavy atom. The zero-order valence-electron chi connectivity index (χ0n) is 19.3. The number of hydrogen-bond acceptors (Lipinski definition) is 8. The van der Waals surface area contributed by atoms with Crippen LogP contribution in [0.2, 0.25) is 0 Å². The molecule has 0 aliphatic carbocycles. The summed E-state index contributed by atoms with van der Waals surface area (Å²) in [6, 6.07) is 22.1. The van der Waals surface area contributed by atoms with Gasteiger partial charge in [0.25, 0.3) is 0 Å². The van der Waals surface area contributed by atoms with Crippen molar-refractivity contribution in [2.45, 2.75) is 19.0 Å². The number of aromatic amines is 2. The molecular formula is C24H20N5NaO3S3. The van der Waals surface area contributed by atoms with Crippen molar-refractivity contribution in [3.8, 4) is 11.4 Å². The summed E-state index contributed by atoms with van der Waals surface area (Å²) in [5.41, 5.74) is 4.58. The monoisotopic (exact) mass is 545 g/mol. The maximum atomic E-state index is 11.9. The molecule has 0 saturated heterocycles. The van der Waals surface area contributed by atoms with Crippen LogP contribution in [0.25, 0.3) is 5.69 Å². The van der Waals surface area contributed by atoms with E-state index in [0.717, 1.165) is 40.4 Å². The van der Waals surface area contributed by atoms with E-state index in [4.69, 9.17) is 28.6 Å². The molecule has 178 valence electrons. The van der Waals surface area contributed by atoms with Crippen LogP contribution in [0.15, 0.2) is 72.8 Å². The number of aromatic nitrogens is 3. The first-order valence-corrected chi connectivity index (χ1v) is 12.3. The van der Waals surface area contributed by atoms with Gasteiger partial charge in [-0.05, 0) is 78.4 Å². The number of benzene rings is 3. The summed E-state index contributed by atoms with van der Waals surface area (Å²) in [5.74, 6) is -0.496. The van der Waals surface area contributed by atoms with E-state index in [1.54, 1.807) is 4.57 Å². The smallest absolute Gasteiger partial charge is 0.548 e. The van der Waals surface area contributed by atoms with Gasteiger partial charge in [0.15, 0.2) is 21.8 Å². The number of aliphatic carboxylic acids is 1. The van der Waals surface area contributed by atoms with Crippen molar-refractivity contribution in [3.05, 3.63) is 93.5 Å². The zero-order chi connectivity index (χ0) is 24.4. The zero-order valence-corrected chi connectivity index (χ0v) is 23.7. The molecule has 4 aromatic rings. The normalized spacial score (nSPS) is 14.4. The van der Waals surface area contributed by atoms with Crippen molar-refractivity contribution in [1.82, 2.24) is 14.8 Å². The van der Waals surface area contributed by atoms with Crippen LogP contribution in [-0.2, 0) is 17.8 Å². The molecule has 2 heterocycles. The summed E-state index contributed by atoms with van der Waals surface area (Å²) in [5, 5.41) is 17.5. The van der Waals surface area contributed by atoms with Crippen molar-refractivity contribution >= 4 is 54.0 Å². The molecular weight excluding hydrogens is 525 g/mol. The van der Waals surface area contributed by atoms with Gasteiger partial charge in [0, 0.05) is 24.0 Å². The second-order valence-corrected chi connectivity index (χ2v) is 9.26. The van der Waals surface area contributed by atoms with Crippen LogP contribution in [0.1, 0.15) is 11.1 Å². The number of carbonyl (C=O) groups excluding carboxylic acids is 1. The third-order valence-electron chi connectivity index (χ3n) is 5.78. The summed E-state index contributed by atoms with van der Waals surface area (Å²) < 4.78 is 11.7. The summed E-state index contributed by atoms with van der Waals surface area (Å²) in [7, 11) is 0. The Balaban J connectivity index is 0.00000304. The molecule has 1 aliphatic heterocycles. The predicted octanol–water partition coefficient (Wildman–Crippen LogP) is 1.33. The van der Waals surface area contributed by atoms with Crippen LogP contribution in [-0.4, -0.2) is 26.8 Å². The van der Waals surface area contributed by atoms with Gasteiger partial charge in [0.1, 0.15) is 5.75 Å². The molecule has 0 radical (unpaired) electrons. The minimum Gasteiger partial charge on any atom is -0.548 e. The Morgan fingerprint density at radius 3 is 2.36 bits per heavy atom. The molecule has 0 spiro atoms. The van der Waals surface area contributed by atoms with Gasteiger partial charge >= 0.3 is 29.6 Å². The molecule has 1 atom stereocenters. The van der Waals surface area contributed by atoms with Gasteiger partial charge in [-0.3, -0.25) is 19.5 Å². The van der Waals surface area contributed by atoms with E-state index in [1.165, 1.54) is 0 Å². The maximum Gasteiger partial charge on any atom is 1.00 e. The number of carboxylic acid groups (broad SMARTS) is 1. The Labute approximate surface area is 244 Å². The van der Waals surface area contributed by atoms with Crippen molar-refractivity contribution in [3.63, 3.8) is 0 Å². The van der Waals surface area contributed by atoms with E-state index in [0.29, 0.717) is 28.3 Å². The number of rotatable bonds is 7. The first-order chi connectivity index (χ1) is 17.0. The average Bonchev–Trinajstić information content (AvgIpc) is 3.21. The van der Waals surface area contributed by atoms with E-state index < -0.39 is 12.0 Å². The van der Waals surface area contributed by atoms with Gasteiger partial charge in [-0.1, -0.05) is 30.3 Å². The average molecular weight is 546 g/mol. The van der Waals surface area contributed by atoms with Crippen LogP contribution in [0.3, 0.4) is 0 Å². The van der Waals surface area contributed by atoms with Gasteiger partial charge in [0.2, 0.25) is 0 Å². The fraction of sp³-hybridized carbons (Fsp3) is 0.125. The molecule has 0 saturated carbocycles. The summed E-state index contributed by atoms with van der Waals surface area (Å²) in [6.45, 7) is 0.491. The molecule has 5 rings (SSSR count). The summed E-state index contributed by atoms with van der Waals surface area (Å²) >= 11 is 11.5. The van der Waals surface area contributed by atoms with Crippen LogP contribution in [0.4, 0.5) is 11.4 Å². The first kappa shape index (κ1) is 26.5. The van der Waals surface area contributed by atoms with Crippen molar-refractivity contribution in [2.24, 2.45) is 0 Å². The number of nitrogens with one attached hydrogen (secondary N) is 3. The van der Waals surface area contributed by atoms with E-state index in [1.807, 2.05) is 77.7 Å². The van der Waals surface area contributed by atoms with Crippen molar-refractivity contribution < 1.29 is 43.6 Å². The van der Waals surface area contributed by atoms with E-state index in [-0.39, 0.29) is 29.6 Å². The molecule has 0 amide bonds. The third-order valence-corrected chi connectivity index (χ3v) is 6.94. The summed E-state index contributed by atoms with van der Waals surface area (Å²) in [4.78, 5) is 13.7. The largest absolute Gasteiger partial charge is 1.00 e. The quantitative estimate of drug-likeness (QED) is 0.138. The van der Waals surface area contributed by atoms with Crippen LogP contribution in [0, 0.1) is 9.54 Å². The Hall–Kier alpha value is -2.54. The number of anilines is 2. The number of carboxylic acids is 1. The number of carbonyl (C=O) groups is 1. The minimum absolute atomic E-state index is 0. The van der Waals surface area contributed by atoms with Gasteiger partial charge in [-0.25, -0.2) is 0 Å². The second-order valence-electron chi connectivity index (χ2n) is 7.94. The molecule has 36 heavy (non-hydrogen) atoms. The van der Waals surface area contributed by atoms with Crippen LogP contribution in [0.5, 0.6) is 5.75 Å². The Morgan fingerprint density at radius 1 is 0.972 bits per heavy atom. The molecule has 3 aromatic carbocycles. The van der Waals surface area contributed by atoms with Crippen LogP contribution >= 0.6 is 36.7 Å². The first-order valence-electron chi connectivity index (χ1n) is 10.7. The molecule has 12 heteroatoms. The molecule has 1 unspecified atom stereocenters. The van der Waals surface area contributed by atoms with Crippen LogP contribution < -0.4 is 48.5 Å². The fourth-order valence-electron chi connectivity index (χ4n) is 4.06. The Bertz CT molecular complexity index is 1460. The number of nitrogens with zero attached hydrogens (tertiary/aromatic N) is 2. The van der Waals surface area contributed by atoms with E-state index in [9.17, 15) is 9.90 Å². The van der Waals surface area contributed by atoms with E-state index >= 15 is 0 Å². The summed E-state index contributed by atoms with van der Waals surface area (Å²) in [6.07, 6.45) is 0.398. The third kappa shape index (κ3) is 5.72. The standard InChI is InChI=1S/C24H21N5O3S3.Na/c30-22(31)21-12-15-4-1-2-5-16(15)14-28(21)19-6-3-7-20(13-19)32-35-27-17-8-10-18(11-9-17)29-23(33)25-26-24(29)34;/h1-11,13,21,27H,12,14H2,(H,25,33)(H,26,34)(H,30,31);/q;+1/p-1. The van der Waals surface area contributed by atoms with Gasteiger partial charge in [-0.15, -0.1) is 0 Å². The SMILES string of the molecule is O=C([O-])C1Cc2ccccc2CN1c1cccc(OSNc2ccc(-n3c(=S)[nH][nH]c3=S)cc2)c1.[Na+]. The maximum absolute atomic E-state index is 11.9. The number of H-pyrrole nitrogens is 2. The van der Waals surface area contributed by atoms with E-state index in [2.05, 4.69) is 14.9 Å². The molecule has 8 nitrogen and oxygen atoms in total. The Kier molecular flexibility index (Phi) is 8.60. The number of fused-ring (bicyclic) bond motifs is 1. The molecule has 1 aromatic heterocycles. The predicted molar refractivity (Wildman–Crippen MR) is 140 cm³/mol. The van der Waals surface area contributed by atoms with Gasteiger partial charge in [-0.2, -0.15) is 0 Å². The number of hydrogen-bond donors (Lipinski definition) is 3. The molecule has 0 fully saturated rings. The van der Waals surface area contributed by atoms with Gasteiger partial charge in [0.05, 0.1) is 17.7 Å². The second kappa shape index (κ2) is 11.7. The molecule has 3 N–H and O–H groups in total. The molecule has 1 aliphatic rings. The topological polar surface area (TPSA) is 101 Å². The minimum atomic E-state index is -1.09.